The Morgan fingerprint density at radius 3 is 2.70 bits per heavy atom. The van der Waals surface area contributed by atoms with Crippen molar-refractivity contribution < 1.29 is 19.3 Å². The standard InChI is InChI=1S/C12H20N4O4/c1-14-6-9(7-14)20-13-11(17)10-4-3-8-5-15(10)12(18)16(8)19-2/h8-10H,3-7H2,1-2H3,(H,13,17)/t8-,10+/m1/s1. The van der Waals surface area contributed by atoms with Gasteiger partial charge in [0, 0.05) is 19.6 Å². The van der Waals surface area contributed by atoms with Crippen molar-refractivity contribution in [2.24, 2.45) is 0 Å². The Morgan fingerprint density at radius 1 is 1.30 bits per heavy atom. The van der Waals surface area contributed by atoms with Crippen molar-refractivity contribution in [3.63, 3.8) is 0 Å². The monoisotopic (exact) mass is 284 g/mol. The van der Waals surface area contributed by atoms with E-state index in [1.807, 2.05) is 7.05 Å². The van der Waals surface area contributed by atoms with Crippen molar-refractivity contribution in [3.05, 3.63) is 0 Å². The van der Waals surface area contributed by atoms with E-state index in [0.29, 0.717) is 13.0 Å². The largest absolute Gasteiger partial charge is 0.345 e. The molecule has 3 rings (SSSR count). The molecule has 3 fully saturated rings. The van der Waals surface area contributed by atoms with Crippen LogP contribution in [0.25, 0.3) is 0 Å². The number of piperidine rings is 1. The molecule has 0 spiro atoms. The maximum atomic E-state index is 12.1. The highest BCUT2D eigenvalue weighted by Gasteiger charge is 2.47. The zero-order valence-corrected chi connectivity index (χ0v) is 11.7. The maximum absolute atomic E-state index is 12.1. The number of hydroxylamine groups is 3. The molecule has 8 nitrogen and oxygen atoms in total. The normalized spacial score (nSPS) is 30.6. The van der Waals surface area contributed by atoms with Crippen LogP contribution in [0.3, 0.4) is 0 Å². The minimum Gasteiger partial charge on any atom is -0.309 e. The fraction of sp³-hybridized carbons (Fsp3) is 0.833. The second-order valence-electron chi connectivity index (χ2n) is 5.62. The molecule has 3 aliphatic rings. The summed E-state index contributed by atoms with van der Waals surface area (Å²) in [5.41, 5.74) is 2.49. The topological polar surface area (TPSA) is 74.3 Å². The van der Waals surface area contributed by atoms with Crippen LogP contribution in [0.1, 0.15) is 12.8 Å². The van der Waals surface area contributed by atoms with E-state index >= 15 is 0 Å². The summed E-state index contributed by atoms with van der Waals surface area (Å²) in [5, 5.41) is 1.36. The SMILES string of the molecule is CON1C(=O)N2C[C@H]1CC[C@H]2C(=O)NOC1CN(C)C1. The molecule has 0 radical (unpaired) electrons. The quantitative estimate of drug-likeness (QED) is 0.683. The summed E-state index contributed by atoms with van der Waals surface area (Å²) in [7, 11) is 3.47. The van der Waals surface area contributed by atoms with Crippen molar-refractivity contribution in [3.8, 4) is 0 Å². The Morgan fingerprint density at radius 2 is 2.05 bits per heavy atom. The molecule has 2 atom stereocenters. The highest BCUT2D eigenvalue weighted by atomic mass is 16.7. The number of amides is 3. The lowest BCUT2D eigenvalue weighted by Crippen LogP contribution is -2.55. The molecule has 3 amide bonds. The summed E-state index contributed by atoms with van der Waals surface area (Å²) in [6, 6.07) is -0.645. The summed E-state index contributed by atoms with van der Waals surface area (Å²) < 4.78 is 0. The molecule has 0 aliphatic carbocycles. The average molecular weight is 284 g/mol. The van der Waals surface area contributed by atoms with Crippen molar-refractivity contribution in [1.82, 2.24) is 20.3 Å². The molecular weight excluding hydrogens is 264 g/mol. The number of rotatable bonds is 4. The molecular formula is C12H20N4O4. The summed E-state index contributed by atoms with van der Waals surface area (Å²) in [4.78, 5) is 38.3. The van der Waals surface area contributed by atoms with Gasteiger partial charge in [-0.25, -0.2) is 10.3 Å². The van der Waals surface area contributed by atoms with Gasteiger partial charge in [-0.3, -0.25) is 14.5 Å². The van der Waals surface area contributed by atoms with E-state index < -0.39 is 6.04 Å². The Kier molecular flexibility index (Phi) is 3.53. The Labute approximate surface area is 117 Å². The minimum atomic E-state index is -0.461. The van der Waals surface area contributed by atoms with Crippen molar-refractivity contribution >= 4 is 11.9 Å². The van der Waals surface area contributed by atoms with Crippen LogP contribution in [-0.4, -0.2) is 78.8 Å². The van der Waals surface area contributed by atoms with Crippen LogP contribution >= 0.6 is 0 Å². The number of fused-ring (bicyclic) bond motifs is 2. The van der Waals surface area contributed by atoms with Crippen LogP contribution in [0.4, 0.5) is 4.79 Å². The van der Waals surface area contributed by atoms with E-state index in [4.69, 9.17) is 9.68 Å². The van der Waals surface area contributed by atoms with Gasteiger partial charge in [-0.15, -0.1) is 0 Å². The minimum absolute atomic E-state index is 0.0463. The molecule has 3 saturated heterocycles. The molecule has 112 valence electrons. The Balaban J connectivity index is 1.54. The van der Waals surface area contributed by atoms with Crippen LogP contribution < -0.4 is 5.48 Å². The molecule has 0 saturated carbocycles. The maximum Gasteiger partial charge on any atom is 0.345 e. The number of likely N-dealkylation sites (N-methyl/N-ethyl adjacent to an activating group) is 1. The lowest BCUT2D eigenvalue weighted by molar-refractivity contribution is -0.152. The number of urea groups is 1. The molecule has 1 N–H and O–H groups in total. The van der Waals surface area contributed by atoms with Gasteiger partial charge in [-0.05, 0) is 19.9 Å². The van der Waals surface area contributed by atoms with Gasteiger partial charge in [0.05, 0.1) is 13.2 Å². The summed E-state index contributed by atoms with van der Waals surface area (Å²) >= 11 is 0. The van der Waals surface area contributed by atoms with E-state index in [9.17, 15) is 9.59 Å². The van der Waals surface area contributed by atoms with Gasteiger partial charge < -0.3 is 9.80 Å². The number of likely N-dealkylation sites (tertiary alicyclic amines) is 1. The van der Waals surface area contributed by atoms with Gasteiger partial charge in [0.15, 0.2) is 0 Å². The van der Waals surface area contributed by atoms with Crippen molar-refractivity contribution in [2.45, 2.75) is 31.0 Å². The Hall–Kier alpha value is -1.38. The number of nitrogens with one attached hydrogen (secondary N) is 1. The molecule has 20 heavy (non-hydrogen) atoms. The van der Waals surface area contributed by atoms with Crippen LogP contribution in [0.5, 0.6) is 0 Å². The number of carbonyl (C=O) groups excluding carboxylic acids is 2. The third kappa shape index (κ3) is 2.23. The third-order valence-corrected chi connectivity index (χ3v) is 4.18. The fourth-order valence-electron chi connectivity index (χ4n) is 3.06. The zero-order valence-electron chi connectivity index (χ0n) is 11.7. The van der Waals surface area contributed by atoms with E-state index in [-0.39, 0.29) is 24.1 Å². The molecule has 0 aromatic heterocycles. The predicted molar refractivity (Wildman–Crippen MR) is 68.3 cm³/mol. The molecule has 2 bridgehead atoms. The van der Waals surface area contributed by atoms with Gasteiger partial charge >= 0.3 is 6.03 Å². The first-order valence-electron chi connectivity index (χ1n) is 6.88. The molecule has 3 aliphatic heterocycles. The van der Waals surface area contributed by atoms with Gasteiger partial charge in [0.1, 0.15) is 12.1 Å². The van der Waals surface area contributed by atoms with E-state index in [2.05, 4.69) is 10.4 Å². The average Bonchev–Trinajstić information content (AvgIpc) is 2.65. The van der Waals surface area contributed by atoms with Crippen LogP contribution in [0.15, 0.2) is 0 Å². The van der Waals surface area contributed by atoms with Gasteiger partial charge in [-0.1, -0.05) is 0 Å². The number of hydrogen-bond acceptors (Lipinski definition) is 5. The second kappa shape index (κ2) is 5.19. The summed E-state index contributed by atoms with van der Waals surface area (Å²) in [5.74, 6) is -0.246. The first kappa shape index (κ1) is 13.6. The number of hydrogen-bond donors (Lipinski definition) is 1. The molecule has 0 aromatic carbocycles. The fourth-order valence-corrected chi connectivity index (χ4v) is 3.06. The highest BCUT2D eigenvalue weighted by Crippen LogP contribution is 2.29. The number of carbonyl (C=O) groups is 2. The van der Waals surface area contributed by atoms with Gasteiger partial charge in [-0.2, -0.15) is 5.06 Å². The highest BCUT2D eigenvalue weighted by molar-refractivity contribution is 5.88. The lowest BCUT2D eigenvalue weighted by atomic mass is 10.0. The van der Waals surface area contributed by atoms with Crippen molar-refractivity contribution in [2.75, 3.05) is 33.8 Å². The molecule has 0 unspecified atom stereocenters. The van der Waals surface area contributed by atoms with Crippen LogP contribution in [0, 0.1) is 0 Å². The number of nitrogens with zero attached hydrogens (tertiary/aromatic N) is 3. The third-order valence-electron chi connectivity index (χ3n) is 4.18. The first-order chi connectivity index (χ1) is 9.60. The predicted octanol–water partition coefficient (Wildman–Crippen LogP) is -0.822. The van der Waals surface area contributed by atoms with Crippen molar-refractivity contribution in [1.29, 1.82) is 0 Å². The summed E-state index contributed by atoms with van der Waals surface area (Å²) in [6.45, 7) is 2.16. The lowest BCUT2D eigenvalue weighted by Gasteiger charge is -2.36. The first-order valence-corrected chi connectivity index (χ1v) is 6.88. The van der Waals surface area contributed by atoms with Crippen LogP contribution in [-0.2, 0) is 14.5 Å². The van der Waals surface area contributed by atoms with E-state index in [1.165, 1.54) is 12.2 Å². The van der Waals surface area contributed by atoms with Gasteiger partial charge in [0.2, 0.25) is 0 Å². The zero-order chi connectivity index (χ0) is 14.3. The molecule has 0 aromatic rings. The van der Waals surface area contributed by atoms with E-state index in [1.54, 1.807) is 4.90 Å². The summed E-state index contributed by atoms with van der Waals surface area (Å²) in [6.07, 6.45) is 1.45. The molecule has 3 heterocycles. The second-order valence-corrected chi connectivity index (χ2v) is 5.62. The molecule has 8 heteroatoms. The van der Waals surface area contributed by atoms with Gasteiger partial charge in [0.25, 0.3) is 5.91 Å². The van der Waals surface area contributed by atoms with E-state index in [0.717, 1.165) is 19.5 Å². The van der Waals surface area contributed by atoms with Crippen LogP contribution in [0.2, 0.25) is 0 Å². The Bertz CT molecular complexity index is 412. The smallest absolute Gasteiger partial charge is 0.309 e.